The average Bonchev–Trinajstić information content (AvgIpc) is 2.64. The number of nitrogens with zero attached hydrogens (tertiary/aromatic N) is 1. The van der Waals surface area contributed by atoms with Crippen molar-refractivity contribution in [2.24, 2.45) is 0 Å². The van der Waals surface area contributed by atoms with Crippen molar-refractivity contribution >= 4 is 34.0 Å². The molecule has 0 unspecified atom stereocenters. The zero-order valence-corrected chi connectivity index (χ0v) is 17.6. The van der Waals surface area contributed by atoms with Gasteiger partial charge in [-0.25, -0.2) is 13.1 Å². The Bertz CT molecular complexity index is 843. The fourth-order valence-electron chi connectivity index (χ4n) is 3.31. The van der Waals surface area contributed by atoms with E-state index in [1.54, 1.807) is 18.2 Å². The second-order valence-electron chi connectivity index (χ2n) is 6.71. The van der Waals surface area contributed by atoms with Gasteiger partial charge in [-0.05, 0) is 55.1 Å². The van der Waals surface area contributed by atoms with Crippen LogP contribution in [0.15, 0.2) is 53.4 Å². The molecule has 4 nitrogen and oxygen atoms in total. The standard InChI is InChI=1S/C20H25ClN2O2S.ClH/c21-19-9-6-10-20(15-19)26(24,25)22-12-4-1-5-13-23-14-11-17-7-2-3-8-18(17)16-23;/h2-3,6-10,15,22H,1,4-5,11-14,16H2;1H. The topological polar surface area (TPSA) is 49.4 Å². The highest BCUT2D eigenvalue weighted by atomic mass is 35.5. The zero-order chi connectivity index (χ0) is 18.4. The molecule has 1 N–H and O–H groups in total. The Kier molecular flexibility index (Phi) is 8.58. The molecule has 0 bridgehead atoms. The molecule has 0 spiro atoms. The Morgan fingerprint density at radius 1 is 1.00 bits per heavy atom. The molecule has 0 fully saturated rings. The SMILES string of the molecule is Cl.O=S(=O)(NCCCCCN1CCc2ccccc2C1)c1cccc(Cl)c1. The molecule has 0 radical (unpaired) electrons. The molecule has 0 aliphatic carbocycles. The van der Waals surface area contributed by atoms with Gasteiger partial charge in [-0.1, -0.05) is 48.4 Å². The third kappa shape index (κ3) is 6.47. The van der Waals surface area contributed by atoms with Gasteiger partial charge >= 0.3 is 0 Å². The summed E-state index contributed by atoms with van der Waals surface area (Å²) in [5, 5.41) is 0.427. The lowest BCUT2D eigenvalue weighted by atomic mass is 10.00. The van der Waals surface area contributed by atoms with Crippen molar-refractivity contribution in [1.82, 2.24) is 9.62 Å². The van der Waals surface area contributed by atoms with E-state index in [1.165, 1.54) is 17.2 Å². The van der Waals surface area contributed by atoms with Crippen LogP contribution >= 0.6 is 24.0 Å². The van der Waals surface area contributed by atoms with Crippen LogP contribution in [0.1, 0.15) is 30.4 Å². The van der Waals surface area contributed by atoms with E-state index in [0.717, 1.165) is 45.3 Å². The molecule has 1 aliphatic rings. The van der Waals surface area contributed by atoms with E-state index in [-0.39, 0.29) is 17.3 Å². The van der Waals surface area contributed by atoms with Crippen molar-refractivity contribution in [2.45, 2.75) is 37.1 Å². The van der Waals surface area contributed by atoms with Gasteiger partial charge in [0.2, 0.25) is 10.0 Å². The number of rotatable bonds is 8. The van der Waals surface area contributed by atoms with E-state index in [9.17, 15) is 8.42 Å². The number of halogens is 2. The highest BCUT2D eigenvalue weighted by Crippen LogP contribution is 2.19. The summed E-state index contributed by atoms with van der Waals surface area (Å²) >= 11 is 5.86. The van der Waals surface area contributed by atoms with E-state index >= 15 is 0 Å². The largest absolute Gasteiger partial charge is 0.299 e. The number of sulfonamides is 1. The van der Waals surface area contributed by atoms with Gasteiger partial charge < -0.3 is 0 Å². The highest BCUT2D eigenvalue weighted by Gasteiger charge is 2.15. The Hall–Kier alpha value is -1.11. The summed E-state index contributed by atoms with van der Waals surface area (Å²) < 4.78 is 27.1. The van der Waals surface area contributed by atoms with Gasteiger partial charge in [0.15, 0.2) is 0 Å². The summed E-state index contributed by atoms with van der Waals surface area (Å²) in [6.45, 7) is 3.66. The molecule has 2 aromatic rings. The molecule has 0 aromatic heterocycles. The number of unbranched alkanes of at least 4 members (excludes halogenated alkanes) is 2. The van der Waals surface area contributed by atoms with Gasteiger partial charge in [0.05, 0.1) is 4.90 Å². The maximum atomic E-state index is 12.2. The van der Waals surface area contributed by atoms with Crippen molar-refractivity contribution in [2.75, 3.05) is 19.6 Å². The number of benzene rings is 2. The van der Waals surface area contributed by atoms with E-state index in [4.69, 9.17) is 11.6 Å². The summed E-state index contributed by atoms with van der Waals surface area (Å²) in [4.78, 5) is 2.70. The van der Waals surface area contributed by atoms with Crippen LogP contribution in [0.25, 0.3) is 0 Å². The van der Waals surface area contributed by atoms with Crippen LogP contribution in [0, 0.1) is 0 Å². The highest BCUT2D eigenvalue weighted by molar-refractivity contribution is 7.89. The van der Waals surface area contributed by atoms with Crippen molar-refractivity contribution in [3.63, 3.8) is 0 Å². The minimum atomic E-state index is -3.47. The van der Waals surface area contributed by atoms with Crippen LogP contribution in [-0.4, -0.2) is 33.0 Å². The fourth-order valence-corrected chi connectivity index (χ4v) is 4.68. The van der Waals surface area contributed by atoms with Crippen LogP contribution in [0.3, 0.4) is 0 Å². The zero-order valence-electron chi connectivity index (χ0n) is 15.2. The molecule has 2 aromatic carbocycles. The average molecular weight is 429 g/mol. The first kappa shape index (κ1) is 22.2. The van der Waals surface area contributed by atoms with Gasteiger partial charge in [-0.2, -0.15) is 0 Å². The Labute approximate surface area is 173 Å². The van der Waals surface area contributed by atoms with Crippen LogP contribution < -0.4 is 4.72 Å². The van der Waals surface area contributed by atoms with Crippen molar-refractivity contribution in [1.29, 1.82) is 0 Å². The number of fused-ring (bicyclic) bond motifs is 1. The van der Waals surface area contributed by atoms with Crippen LogP contribution in [0.2, 0.25) is 5.02 Å². The molecule has 7 heteroatoms. The first-order valence-corrected chi connectivity index (χ1v) is 10.9. The quantitative estimate of drug-likeness (QED) is 0.638. The lowest BCUT2D eigenvalue weighted by Crippen LogP contribution is -2.31. The summed E-state index contributed by atoms with van der Waals surface area (Å²) in [6.07, 6.45) is 4.05. The van der Waals surface area contributed by atoms with Crippen molar-refractivity contribution < 1.29 is 8.42 Å². The minimum absolute atomic E-state index is 0. The summed E-state index contributed by atoms with van der Waals surface area (Å²) in [5.41, 5.74) is 2.91. The molecule has 1 heterocycles. The Morgan fingerprint density at radius 2 is 1.78 bits per heavy atom. The van der Waals surface area contributed by atoms with Crippen molar-refractivity contribution in [3.8, 4) is 0 Å². The van der Waals surface area contributed by atoms with Gasteiger partial charge in [0.1, 0.15) is 0 Å². The van der Waals surface area contributed by atoms with Crippen molar-refractivity contribution in [3.05, 3.63) is 64.7 Å². The lowest BCUT2D eigenvalue weighted by molar-refractivity contribution is 0.248. The fraction of sp³-hybridized carbons (Fsp3) is 0.400. The Morgan fingerprint density at radius 3 is 2.56 bits per heavy atom. The maximum Gasteiger partial charge on any atom is 0.240 e. The van der Waals surface area contributed by atoms with Gasteiger partial charge in [0, 0.05) is 24.7 Å². The first-order valence-electron chi connectivity index (χ1n) is 9.09. The summed E-state index contributed by atoms with van der Waals surface area (Å²) in [5.74, 6) is 0. The molecule has 0 saturated carbocycles. The third-order valence-electron chi connectivity index (χ3n) is 4.76. The number of hydrogen-bond acceptors (Lipinski definition) is 3. The van der Waals surface area contributed by atoms with Gasteiger partial charge in [0.25, 0.3) is 0 Å². The smallest absolute Gasteiger partial charge is 0.240 e. The van der Waals surface area contributed by atoms with E-state index in [2.05, 4.69) is 33.9 Å². The minimum Gasteiger partial charge on any atom is -0.299 e. The molecular weight excluding hydrogens is 403 g/mol. The monoisotopic (exact) mass is 428 g/mol. The normalized spacial score (nSPS) is 14.4. The van der Waals surface area contributed by atoms with E-state index in [1.807, 2.05) is 0 Å². The first-order chi connectivity index (χ1) is 12.5. The molecule has 1 aliphatic heterocycles. The second kappa shape index (κ2) is 10.4. The van der Waals surface area contributed by atoms with E-state index in [0.29, 0.717) is 11.6 Å². The molecular formula is C20H26Cl2N2O2S. The molecule has 0 saturated heterocycles. The third-order valence-corrected chi connectivity index (χ3v) is 6.45. The predicted molar refractivity (Wildman–Crippen MR) is 113 cm³/mol. The molecule has 0 atom stereocenters. The Balaban J connectivity index is 0.00000261. The molecule has 3 rings (SSSR count). The number of nitrogens with one attached hydrogen (secondary N) is 1. The summed E-state index contributed by atoms with van der Waals surface area (Å²) in [6, 6.07) is 15.0. The molecule has 27 heavy (non-hydrogen) atoms. The molecule has 0 amide bonds. The molecule has 148 valence electrons. The summed E-state index contributed by atoms with van der Waals surface area (Å²) in [7, 11) is -3.47. The number of hydrogen-bond donors (Lipinski definition) is 1. The van der Waals surface area contributed by atoms with E-state index < -0.39 is 10.0 Å². The van der Waals surface area contributed by atoms with Gasteiger partial charge in [-0.3, -0.25) is 4.90 Å². The predicted octanol–water partition coefficient (Wildman–Crippen LogP) is 4.27. The second-order valence-corrected chi connectivity index (χ2v) is 8.91. The van der Waals surface area contributed by atoms with Crippen LogP contribution in [0.5, 0.6) is 0 Å². The maximum absolute atomic E-state index is 12.2. The van der Waals surface area contributed by atoms with Crippen LogP contribution in [-0.2, 0) is 23.0 Å². The van der Waals surface area contributed by atoms with Gasteiger partial charge in [-0.15, -0.1) is 12.4 Å². The van der Waals surface area contributed by atoms with Crippen LogP contribution in [0.4, 0.5) is 0 Å². The lowest BCUT2D eigenvalue weighted by Gasteiger charge is -2.28.